The summed E-state index contributed by atoms with van der Waals surface area (Å²) in [7, 11) is 4.69. The second-order valence-corrected chi connectivity index (χ2v) is 8.43. The molecule has 1 atom stereocenters. The van der Waals surface area contributed by atoms with Gasteiger partial charge in [-0.3, -0.25) is 9.59 Å². The van der Waals surface area contributed by atoms with Crippen molar-refractivity contribution in [2.45, 2.75) is 12.5 Å². The molecule has 7 nitrogen and oxygen atoms in total. The highest BCUT2D eigenvalue weighted by molar-refractivity contribution is 5.99. The van der Waals surface area contributed by atoms with E-state index in [1.165, 1.54) is 12.1 Å². The maximum absolute atomic E-state index is 14.0. The molecule has 3 aromatic carbocycles. The number of carbonyl (C=O) groups is 1. The van der Waals surface area contributed by atoms with E-state index in [1.807, 2.05) is 30.3 Å². The molecule has 1 aliphatic heterocycles. The third-order valence-corrected chi connectivity index (χ3v) is 6.45. The lowest BCUT2D eigenvalue weighted by Gasteiger charge is -2.25. The molecule has 0 fully saturated rings. The summed E-state index contributed by atoms with van der Waals surface area (Å²) in [6, 6.07) is 15.7. The van der Waals surface area contributed by atoms with E-state index in [4.69, 9.17) is 18.6 Å². The number of ether oxygens (including phenoxy) is 3. The van der Waals surface area contributed by atoms with Crippen LogP contribution in [0.1, 0.15) is 33.3 Å². The number of amides is 1. The molecule has 2 heterocycles. The van der Waals surface area contributed by atoms with Crippen LogP contribution in [0.2, 0.25) is 0 Å². The van der Waals surface area contributed by atoms with Gasteiger partial charge in [0.05, 0.1) is 38.3 Å². The molecule has 184 valence electrons. The van der Waals surface area contributed by atoms with Crippen LogP contribution < -0.4 is 19.6 Å². The van der Waals surface area contributed by atoms with Gasteiger partial charge in [0, 0.05) is 6.54 Å². The smallest absolute Gasteiger partial charge is 0.290 e. The van der Waals surface area contributed by atoms with Gasteiger partial charge in [-0.05, 0) is 60.0 Å². The zero-order chi connectivity index (χ0) is 25.4. The van der Waals surface area contributed by atoms with Crippen LogP contribution in [0.3, 0.4) is 0 Å². The molecule has 1 amide bonds. The Morgan fingerprint density at radius 2 is 1.64 bits per heavy atom. The molecule has 0 aliphatic carbocycles. The van der Waals surface area contributed by atoms with E-state index in [9.17, 15) is 14.0 Å². The van der Waals surface area contributed by atoms with Crippen LogP contribution in [0.25, 0.3) is 11.0 Å². The zero-order valence-corrected chi connectivity index (χ0v) is 20.0. The summed E-state index contributed by atoms with van der Waals surface area (Å²) in [5.41, 5.74) is 1.60. The van der Waals surface area contributed by atoms with Crippen LogP contribution in [-0.4, -0.2) is 38.7 Å². The second kappa shape index (κ2) is 9.37. The number of carbonyl (C=O) groups excluding carboxylic acids is 1. The molecule has 0 N–H and O–H groups in total. The largest absolute Gasteiger partial charge is 0.497 e. The number of fused-ring (bicyclic) bond motifs is 2. The molecule has 1 unspecified atom stereocenters. The monoisotopic (exact) mass is 489 g/mol. The number of hydrogen-bond acceptors (Lipinski definition) is 6. The van der Waals surface area contributed by atoms with Crippen molar-refractivity contribution in [2.75, 3.05) is 27.9 Å². The number of methoxy groups -OCH3 is 3. The minimum absolute atomic E-state index is 0.0211. The summed E-state index contributed by atoms with van der Waals surface area (Å²) in [5.74, 6) is 0.874. The van der Waals surface area contributed by atoms with E-state index in [2.05, 4.69) is 0 Å². The lowest BCUT2D eigenvalue weighted by molar-refractivity contribution is 0.0730. The van der Waals surface area contributed by atoms with Crippen LogP contribution in [0.4, 0.5) is 4.39 Å². The van der Waals surface area contributed by atoms with Gasteiger partial charge in [-0.2, -0.15) is 0 Å². The maximum atomic E-state index is 14.0. The van der Waals surface area contributed by atoms with Crippen molar-refractivity contribution >= 4 is 16.9 Å². The molecule has 0 bridgehead atoms. The lowest BCUT2D eigenvalue weighted by Crippen LogP contribution is -2.31. The molecular formula is C28H24FNO6. The fourth-order valence-electron chi connectivity index (χ4n) is 4.64. The number of hydrogen-bond donors (Lipinski definition) is 0. The van der Waals surface area contributed by atoms with Gasteiger partial charge in [0.1, 0.15) is 17.1 Å². The third kappa shape index (κ3) is 3.94. The van der Waals surface area contributed by atoms with Gasteiger partial charge in [0.15, 0.2) is 16.9 Å². The Hall–Kier alpha value is -4.33. The SMILES string of the molecule is COc1ccc(C2c3c(oc4ccc(F)cc4c3=O)C(=O)N2CCc2ccc(OC)c(OC)c2)cc1. The number of rotatable bonds is 7. The summed E-state index contributed by atoms with van der Waals surface area (Å²) in [4.78, 5) is 28.7. The van der Waals surface area contributed by atoms with Gasteiger partial charge in [-0.25, -0.2) is 4.39 Å². The third-order valence-electron chi connectivity index (χ3n) is 6.45. The predicted octanol–water partition coefficient (Wildman–Crippen LogP) is 4.75. The normalized spacial score (nSPS) is 14.7. The van der Waals surface area contributed by atoms with Crippen LogP contribution in [0.5, 0.6) is 17.2 Å². The highest BCUT2D eigenvalue weighted by Crippen LogP contribution is 2.39. The quantitative estimate of drug-likeness (QED) is 0.373. The van der Waals surface area contributed by atoms with Gasteiger partial charge in [-0.1, -0.05) is 18.2 Å². The van der Waals surface area contributed by atoms with E-state index in [0.717, 1.165) is 17.2 Å². The van der Waals surface area contributed by atoms with Gasteiger partial charge in [0.2, 0.25) is 5.76 Å². The lowest BCUT2D eigenvalue weighted by atomic mass is 9.98. The van der Waals surface area contributed by atoms with Crippen molar-refractivity contribution in [3.05, 3.63) is 99.2 Å². The van der Waals surface area contributed by atoms with E-state index in [1.54, 1.807) is 38.4 Å². The van der Waals surface area contributed by atoms with Crippen LogP contribution >= 0.6 is 0 Å². The number of halogens is 1. The molecule has 0 saturated carbocycles. The summed E-state index contributed by atoms with van der Waals surface area (Å²) >= 11 is 0. The van der Waals surface area contributed by atoms with Gasteiger partial charge in [0.25, 0.3) is 5.91 Å². The average Bonchev–Trinajstić information content (AvgIpc) is 3.19. The van der Waals surface area contributed by atoms with Crippen molar-refractivity contribution in [3.8, 4) is 17.2 Å². The van der Waals surface area contributed by atoms with Crippen LogP contribution in [0.15, 0.2) is 69.9 Å². The molecule has 5 rings (SSSR count). The highest BCUT2D eigenvalue weighted by Gasteiger charge is 2.42. The van der Waals surface area contributed by atoms with Crippen molar-refractivity contribution in [1.29, 1.82) is 0 Å². The fourth-order valence-corrected chi connectivity index (χ4v) is 4.64. The Morgan fingerprint density at radius 1 is 0.889 bits per heavy atom. The minimum Gasteiger partial charge on any atom is -0.497 e. The minimum atomic E-state index is -0.692. The molecule has 1 aliphatic rings. The first kappa shape index (κ1) is 23.4. The predicted molar refractivity (Wildman–Crippen MR) is 132 cm³/mol. The van der Waals surface area contributed by atoms with Crippen LogP contribution in [-0.2, 0) is 6.42 Å². The van der Waals surface area contributed by atoms with Gasteiger partial charge in [-0.15, -0.1) is 0 Å². The average molecular weight is 489 g/mol. The summed E-state index contributed by atoms with van der Waals surface area (Å²) in [5, 5.41) is 0.0989. The summed E-state index contributed by atoms with van der Waals surface area (Å²) in [6.07, 6.45) is 0.495. The van der Waals surface area contributed by atoms with Crippen molar-refractivity contribution < 1.29 is 27.8 Å². The first-order valence-corrected chi connectivity index (χ1v) is 11.4. The van der Waals surface area contributed by atoms with E-state index in [0.29, 0.717) is 30.2 Å². The zero-order valence-electron chi connectivity index (χ0n) is 20.0. The Balaban J connectivity index is 1.58. The summed E-state index contributed by atoms with van der Waals surface area (Å²) < 4.78 is 35.8. The van der Waals surface area contributed by atoms with Crippen molar-refractivity contribution in [2.24, 2.45) is 0 Å². The van der Waals surface area contributed by atoms with Crippen LogP contribution in [0, 0.1) is 5.82 Å². The number of nitrogens with zero attached hydrogens (tertiary/aromatic N) is 1. The molecule has 0 spiro atoms. The molecule has 0 saturated heterocycles. The molecule has 8 heteroatoms. The van der Waals surface area contributed by atoms with Crippen molar-refractivity contribution in [3.63, 3.8) is 0 Å². The van der Waals surface area contributed by atoms with E-state index in [-0.39, 0.29) is 22.3 Å². The maximum Gasteiger partial charge on any atom is 0.290 e. The van der Waals surface area contributed by atoms with Gasteiger partial charge >= 0.3 is 0 Å². The highest BCUT2D eigenvalue weighted by atomic mass is 19.1. The Morgan fingerprint density at radius 3 is 2.33 bits per heavy atom. The molecule has 36 heavy (non-hydrogen) atoms. The molecule has 0 radical (unpaired) electrons. The second-order valence-electron chi connectivity index (χ2n) is 8.43. The Kier molecular flexibility index (Phi) is 6.10. The van der Waals surface area contributed by atoms with Crippen molar-refractivity contribution in [1.82, 2.24) is 4.90 Å². The van der Waals surface area contributed by atoms with Gasteiger partial charge < -0.3 is 23.5 Å². The molecule has 4 aromatic rings. The fraction of sp³-hybridized carbons (Fsp3) is 0.214. The first-order chi connectivity index (χ1) is 17.4. The standard InChI is InChI=1S/C28H24FNO6/c1-33-19-8-5-17(6-9-19)25-24-26(31)20-15-18(29)7-11-21(20)36-27(24)28(32)30(25)13-12-16-4-10-22(34-2)23(14-16)35-3/h4-11,14-15,25H,12-13H2,1-3H3. The summed E-state index contributed by atoms with van der Waals surface area (Å²) in [6.45, 7) is 0.305. The van der Waals surface area contributed by atoms with E-state index < -0.39 is 23.2 Å². The van der Waals surface area contributed by atoms with E-state index >= 15 is 0 Å². The molecular weight excluding hydrogens is 465 g/mol. The Labute approximate surface area is 206 Å². The first-order valence-electron chi connectivity index (χ1n) is 11.4. The number of benzene rings is 3. The topological polar surface area (TPSA) is 78.2 Å². The molecule has 1 aromatic heterocycles. The Bertz CT molecular complexity index is 1510.